The van der Waals surface area contributed by atoms with Gasteiger partial charge in [0.1, 0.15) is 5.75 Å². The minimum absolute atomic E-state index is 0.0461. The maximum absolute atomic E-state index is 5.32. The van der Waals surface area contributed by atoms with Crippen molar-refractivity contribution >= 4 is 11.4 Å². The molecule has 8 nitrogen and oxygen atoms in total. The van der Waals surface area contributed by atoms with E-state index in [9.17, 15) is 0 Å². The number of benzene rings is 2. The van der Waals surface area contributed by atoms with Crippen LogP contribution in [0.15, 0.2) is 48.5 Å². The fraction of sp³-hybridized carbons (Fsp3) is 0.500. The van der Waals surface area contributed by atoms with Crippen molar-refractivity contribution < 1.29 is 4.74 Å². The Kier molecular flexibility index (Phi) is 6.67. The molecule has 1 saturated carbocycles. The van der Waals surface area contributed by atoms with Crippen LogP contribution in [0.25, 0.3) is 0 Å². The van der Waals surface area contributed by atoms with Gasteiger partial charge in [0.05, 0.1) is 19.2 Å². The molecule has 1 aliphatic heterocycles. The molecule has 0 amide bonds. The average Bonchev–Trinajstić information content (AvgIpc) is 3.57. The Bertz CT molecular complexity index is 1050. The van der Waals surface area contributed by atoms with E-state index < -0.39 is 0 Å². The predicted molar refractivity (Wildman–Crippen MR) is 135 cm³/mol. The SMILES string of the molecule is COc1ccc(N2CCN(C(c3ccc(N(C)C)cc3)c3nnnn3C3CCCC3)CC2)cc1. The molecule has 2 fully saturated rings. The summed E-state index contributed by atoms with van der Waals surface area (Å²) in [6, 6.07) is 17.7. The van der Waals surface area contributed by atoms with Crippen molar-refractivity contribution in [3.05, 3.63) is 59.9 Å². The molecule has 34 heavy (non-hydrogen) atoms. The highest BCUT2D eigenvalue weighted by atomic mass is 16.5. The summed E-state index contributed by atoms with van der Waals surface area (Å²) in [5, 5.41) is 13.2. The summed E-state index contributed by atoms with van der Waals surface area (Å²) in [6.07, 6.45) is 4.84. The van der Waals surface area contributed by atoms with Gasteiger partial charge in [-0.05, 0) is 65.2 Å². The number of ether oxygens (including phenoxy) is 1. The summed E-state index contributed by atoms with van der Waals surface area (Å²) in [6.45, 7) is 3.82. The Labute approximate surface area is 202 Å². The van der Waals surface area contributed by atoms with Gasteiger partial charge in [-0.15, -0.1) is 5.10 Å². The molecule has 5 rings (SSSR count). The van der Waals surface area contributed by atoms with Gasteiger partial charge >= 0.3 is 0 Å². The third kappa shape index (κ3) is 4.59. The molecule has 3 aromatic rings. The lowest BCUT2D eigenvalue weighted by Crippen LogP contribution is -2.48. The van der Waals surface area contributed by atoms with E-state index in [0.29, 0.717) is 6.04 Å². The standard InChI is InChI=1S/C26H35N7O/c1-30(2)21-10-8-20(9-11-21)25(26-27-28-29-33(26)23-6-4-5-7-23)32-18-16-31(17-19-32)22-12-14-24(34-3)15-13-22/h8-15,23,25H,4-7,16-19H2,1-3H3. The van der Waals surface area contributed by atoms with Gasteiger partial charge in [-0.25, -0.2) is 4.68 Å². The Balaban J connectivity index is 1.40. The fourth-order valence-electron chi connectivity index (χ4n) is 5.30. The first kappa shape index (κ1) is 22.7. The van der Waals surface area contributed by atoms with Crippen LogP contribution in [-0.2, 0) is 0 Å². The number of rotatable bonds is 7. The molecule has 2 aromatic carbocycles. The highest BCUT2D eigenvalue weighted by Crippen LogP contribution is 2.35. The Hall–Kier alpha value is -3.13. The number of hydrogen-bond donors (Lipinski definition) is 0. The van der Waals surface area contributed by atoms with E-state index in [1.165, 1.54) is 29.8 Å². The van der Waals surface area contributed by atoms with E-state index >= 15 is 0 Å². The summed E-state index contributed by atoms with van der Waals surface area (Å²) in [5.41, 5.74) is 3.68. The van der Waals surface area contributed by atoms with Crippen LogP contribution >= 0.6 is 0 Å². The first-order valence-electron chi connectivity index (χ1n) is 12.3. The largest absolute Gasteiger partial charge is 0.497 e. The minimum atomic E-state index is 0.0461. The molecule has 0 N–H and O–H groups in total. The summed E-state index contributed by atoms with van der Waals surface area (Å²) < 4.78 is 7.44. The molecule has 2 heterocycles. The molecule has 1 aromatic heterocycles. The predicted octanol–water partition coefficient (Wildman–Crippen LogP) is 3.77. The third-order valence-electron chi connectivity index (χ3n) is 7.28. The second kappa shape index (κ2) is 10.0. The average molecular weight is 462 g/mol. The van der Waals surface area contributed by atoms with Gasteiger partial charge < -0.3 is 14.5 Å². The summed E-state index contributed by atoms with van der Waals surface area (Å²) in [5.74, 6) is 1.87. The lowest BCUT2D eigenvalue weighted by Gasteiger charge is -2.40. The molecule has 1 atom stereocenters. The second-order valence-corrected chi connectivity index (χ2v) is 9.53. The number of nitrogens with zero attached hydrogens (tertiary/aromatic N) is 7. The second-order valence-electron chi connectivity index (χ2n) is 9.53. The maximum atomic E-state index is 5.32. The van der Waals surface area contributed by atoms with E-state index in [4.69, 9.17) is 4.74 Å². The van der Waals surface area contributed by atoms with E-state index in [2.05, 4.69) is 85.4 Å². The number of tetrazole rings is 1. The van der Waals surface area contributed by atoms with Gasteiger partial charge in [-0.1, -0.05) is 25.0 Å². The van der Waals surface area contributed by atoms with Crippen LogP contribution in [0, 0.1) is 0 Å². The smallest absolute Gasteiger partial charge is 0.173 e. The molecule has 8 heteroatoms. The first-order chi connectivity index (χ1) is 16.6. The maximum Gasteiger partial charge on any atom is 0.173 e. The van der Waals surface area contributed by atoms with Crippen molar-refractivity contribution in [2.45, 2.75) is 37.8 Å². The minimum Gasteiger partial charge on any atom is -0.497 e. The number of anilines is 2. The number of aromatic nitrogens is 4. The van der Waals surface area contributed by atoms with Crippen LogP contribution in [-0.4, -0.2) is 72.5 Å². The molecule has 0 spiro atoms. The first-order valence-corrected chi connectivity index (χ1v) is 12.3. The van der Waals surface area contributed by atoms with Crippen LogP contribution in [0.2, 0.25) is 0 Å². The van der Waals surface area contributed by atoms with Crippen molar-refractivity contribution in [3.63, 3.8) is 0 Å². The molecule has 180 valence electrons. The van der Waals surface area contributed by atoms with Crippen LogP contribution in [0.5, 0.6) is 5.75 Å². The Morgan fingerprint density at radius 1 is 0.912 bits per heavy atom. The van der Waals surface area contributed by atoms with Crippen LogP contribution in [0.3, 0.4) is 0 Å². The zero-order valence-corrected chi connectivity index (χ0v) is 20.5. The molecular formula is C26H35N7O. The normalized spacial score (nSPS) is 18.3. The number of methoxy groups -OCH3 is 1. The van der Waals surface area contributed by atoms with Crippen LogP contribution in [0.1, 0.15) is 49.2 Å². The van der Waals surface area contributed by atoms with E-state index in [1.54, 1.807) is 7.11 Å². The lowest BCUT2D eigenvalue weighted by atomic mass is 10.0. The fourth-order valence-corrected chi connectivity index (χ4v) is 5.30. The van der Waals surface area contributed by atoms with Gasteiger partial charge in [0.15, 0.2) is 5.82 Å². The Morgan fingerprint density at radius 3 is 2.21 bits per heavy atom. The molecular weight excluding hydrogens is 426 g/mol. The highest BCUT2D eigenvalue weighted by Gasteiger charge is 2.33. The van der Waals surface area contributed by atoms with Crippen LogP contribution < -0.4 is 14.5 Å². The van der Waals surface area contributed by atoms with Crippen molar-refractivity contribution in [3.8, 4) is 5.75 Å². The van der Waals surface area contributed by atoms with Gasteiger partial charge in [0, 0.05) is 51.6 Å². The zero-order valence-electron chi connectivity index (χ0n) is 20.5. The monoisotopic (exact) mass is 461 g/mol. The topological polar surface area (TPSA) is 62.6 Å². The van der Waals surface area contributed by atoms with Gasteiger partial charge in [-0.2, -0.15) is 0 Å². The molecule has 2 aliphatic rings. The lowest BCUT2D eigenvalue weighted by molar-refractivity contribution is 0.197. The third-order valence-corrected chi connectivity index (χ3v) is 7.28. The van der Waals surface area contributed by atoms with Gasteiger partial charge in [0.25, 0.3) is 0 Å². The van der Waals surface area contributed by atoms with Crippen LogP contribution in [0.4, 0.5) is 11.4 Å². The van der Waals surface area contributed by atoms with Crippen molar-refractivity contribution in [1.82, 2.24) is 25.1 Å². The Morgan fingerprint density at radius 2 is 1.59 bits per heavy atom. The highest BCUT2D eigenvalue weighted by molar-refractivity contribution is 5.50. The summed E-state index contributed by atoms with van der Waals surface area (Å²) in [7, 11) is 5.86. The van der Waals surface area contributed by atoms with Gasteiger partial charge in [0.2, 0.25) is 0 Å². The van der Waals surface area contributed by atoms with E-state index in [-0.39, 0.29) is 6.04 Å². The number of piperazine rings is 1. The molecule has 1 saturated heterocycles. The van der Waals surface area contributed by atoms with Crippen molar-refractivity contribution in [1.29, 1.82) is 0 Å². The summed E-state index contributed by atoms with van der Waals surface area (Å²) in [4.78, 5) is 7.12. The number of hydrogen-bond acceptors (Lipinski definition) is 7. The molecule has 0 radical (unpaired) electrons. The van der Waals surface area contributed by atoms with E-state index in [0.717, 1.165) is 50.6 Å². The molecule has 0 bridgehead atoms. The van der Waals surface area contributed by atoms with Gasteiger partial charge in [-0.3, -0.25) is 4.90 Å². The zero-order chi connectivity index (χ0) is 23.5. The van der Waals surface area contributed by atoms with Crippen molar-refractivity contribution in [2.75, 3.05) is 57.2 Å². The quantitative estimate of drug-likeness (QED) is 0.531. The molecule has 1 unspecified atom stereocenters. The van der Waals surface area contributed by atoms with Crippen molar-refractivity contribution in [2.24, 2.45) is 0 Å². The summed E-state index contributed by atoms with van der Waals surface area (Å²) >= 11 is 0. The molecule has 1 aliphatic carbocycles. The van der Waals surface area contributed by atoms with E-state index in [1.807, 2.05) is 12.1 Å².